The number of fused-ring (bicyclic) bond motifs is 1. The summed E-state index contributed by atoms with van der Waals surface area (Å²) in [6, 6.07) is 17.0. The molecule has 34 heavy (non-hydrogen) atoms. The van der Waals surface area contributed by atoms with Crippen LogP contribution in [0, 0.1) is 0 Å². The van der Waals surface area contributed by atoms with E-state index < -0.39 is 0 Å². The molecule has 1 fully saturated rings. The van der Waals surface area contributed by atoms with Crippen LogP contribution in [0.2, 0.25) is 0 Å². The minimum Gasteiger partial charge on any atom is -0.369 e. The second kappa shape index (κ2) is 10.9. The van der Waals surface area contributed by atoms with E-state index >= 15 is 0 Å². The molecule has 1 saturated heterocycles. The zero-order valence-electron chi connectivity index (χ0n) is 19.0. The van der Waals surface area contributed by atoms with Gasteiger partial charge in [-0.25, -0.2) is 0 Å². The van der Waals surface area contributed by atoms with Gasteiger partial charge in [-0.3, -0.25) is 39.8 Å². The fourth-order valence-corrected chi connectivity index (χ4v) is 4.23. The molecule has 4 rings (SSSR count). The van der Waals surface area contributed by atoms with Crippen LogP contribution in [-0.2, 0) is 9.59 Å². The smallest absolute Gasteiger partial charge is 0.261 e. The number of imide groups is 1. The van der Waals surface area contributed by atoms with E-state index in [1.54, 1.807) is 24.3 Å². The van der Waals surface area contributed by atoms with Crippen molar-refractivity contribution < 1.29 is 19.2 Å². The Kier molecular flexibility index (Phi) is 7.54. The summed E-state index contributed by atoms with van der Waals surface area (Å²) in [6.45, 7) is 4.37. The van der Waals surface area contributed by atoms with Crippen molar-refractivity contribution in [3.05, 3.63) is 65.7 Å². The van der Waals surface area contributed by atoms with Crippen LogP contribution >= 0.6 is 0 Å². The highest BCUT2D eigenvalue weighted by Gasteiger charge is 2.34. The molecule has 0 radical (unpaired) electrons. The van der Waals surface area contributed by atoms with Crippen LogP contribution in [0.1, 0.15) is 40.0 Å². The first kappa shape index (κ1) is 23.4. The van der Waals surface area contributed by atoms with Crippen LogP contribution in [0.25, 0.3) is 0 Å². The third kappa shape index (κ3) is 5.60. The number of benzene rings is 2. The van der Waals surface area contributed by atoms with Crippen molar-refractivity contribution in [2.24, 2.45) is 0 Å². The molecule has 0 aliphatic carbocycles. The molecule has 0 saturated carbocycles. The van der Waals surface area contributed by atoms with Gasteiger partial charge >= 0.3 is 0 Å². The predicted octanol–water partition coefficient (Wildman–Crippen LogP) is 1.42. The van der Waals surface area contributed by atoms with Crippen molar-refractivity contribution in [1.29, 1.82) is 0 Å². The highest BCUT2D eigenvalue weighted by atomic mass is 16.2. The largest absolute Gasteiger partial charge is 0.369 e. The van der Waals surface area contributed by atoms with E-state index in [-0.39, 0.29) is 36.6 Å². The molecule has 4 amide bonds. The zero-order valence-corrected chi connectivity index (χ0v) is 19.0. The maximum absolute atomic E-state index is 12.3. The van der Waals surface area contributed by atoms with E-state index in [4.69, 9.17) is 0 Å². The maximum atomic E-state index is 12.3. The Morgan fingerprint density at radius 2 is 1.26 bits per heavy atom. The molecule has 0 aromatic heterocycles. The number of hydrazine groups is 1. The Balaban J connectivity index is 1.09. The molecule has 178 valence electrons. The Morgan fingerprint density at radius 3 is 1.88 bits per heavy atom. The van der Waals surface area contributed by atoms with E-state index in [0.717, 1.165) is 31.1 Å². The molecular weight excluding hydrogens is 434 g/mol. The predicted molar refractivity (Wildman–Crippen MR) is 127 cm³/mol. The average molecular weight is 464 g/mol. The van der Waals surface area contributed by atoms with E-state index in [1.807, 2.05) is 18.2 Å². The van der Waals surface area contributed by atoms with Crippen molar-refractivity contribution in [1.82, 2.24) is 20.7 Å². The fourth-order valence-electron chi connectivity index (χ4n) is 4.23. The molecule has 0 bridgehead atoms. The van der Waals surface area contributed by atoms with Gasteiger partial charge in [0.15, 0.2) is 0 Å². The molecule has 2 aliphatic heterocycles. The van der Waals surface area contributed by atoms with Gasteiger partial charge < -0.3 is 4.90 Å². The van der Waals surface area contributed by atoms with Crippen LogP contribution in [0.5, 0.6) is 0 Å². The molecule has 2 aliphatic rings. The molecule has 0 unspecified atom stereocenters. The van der Waals surface area contributed by atoms with Crippen molar-refractivity contribution in [3.63, 3.8) is 0 Å². The molecule has 2 heterocycles. The monoisotopic (exact) mass is 463 g/mol. The van der Waals surface area contributed by atoms with Crippen LogP contribution in [0.3, 0.4) is 0 Å². The molecule has 9 nitrogen and oxygen atoms in total. The third-order valence-corrected chi connectivity index (χ3v) is 6.15. The minimum absolute atomic E-state index is 0.0924. The molecule has 2 aromatic rings. The number of hydrogen-bond donors (Lipinski definition) is 2. The number of piperazine rings is 1. The number of rotatable bonds is 8. The molecule has 2 aromatic carbocycles. The van der Waals surface area contributed by atoms with E-state index in [1.165, 1.54) is 5.69 Å². The van der Waals surface area contributed by atoms with Gasteiger partial charge in [0.2, 0.25) is 11.8 Å². The van der Waals surface area contributed by atoms with E-state index in [2.05, 4.69) is 32.8 Å². The van der Waals surface area contributed by atoms with E-state index in [9.17, 15) is 19.2 Å². The molecule has 0 spiro atoms. The number of carbonyl (C=O) groups excluding carboxylic acids is 4. The van der Waals surface area contributed by atoms with Gasteiger partial charge in [0.1, 0.15) is 0 Å². The summed E-state index contributed by atoms with van der Waals surface area (Å²) >= 11 is 0. The number of amides is 4. The minimum atomic E-state index is -0.360. The van der Waals surface area contributed by atoms with Gasteiger partial charge in [-0.05, 0) is 30.7 Å². The van der Waals surface area contributed by atoms with E-state index in [0.29, 0.717) is 30.5 Å². The summed E-state index contributed by atoms with van der Waals surface area (Å²) < 4.78 is 0. The lowest BCUT2D eigenvalue weighted by Gasteiger charge is -2.36. The Bertz CT molecular complexity index is 1020. The second-order valence-electron chi connectivity index (χ2n) is 8.42. The summed E-state index contributed by atoms with van der Waals surface area (Å²) in [6.07, 6.45) is 0.703. The van der Waals surface area contributed by atoms with Crippen LogP contribution in [-0.4, -0.2) is 72.7 Å². The Morgan fingerprint density at radius 1 is 0.706 bits per heavy atom. The first-order valence-electron chi connectivity index (χ1n) is 11.6. The summed E-state index contributed by atoms with van der Waals surface area (Å²) in [7, 11) is 0. The van der Waals surface area contributed by atoms with Crippen molar-refractivity contribution in [3.8, 4) is 0 Å². The number of para-hydroxylation sites is 1. The summed E-state index contributed by atoms with van der Waals surface area (Å²) in [5, 5.41) is 0. The highest BCUT2D eigenvalue weighted by molar-refractivity contribution is 6.21. The van der Waals surface area contributed by atoms with Crippen LogP contribution in [0.4, 0.5) is 5.69 Å². The number of nitrogens with one attached hydrogen (secondary N) is 2. The highest BCUT2D eigenvalue weighted by Crippen LogP contribution is 2.22. The second-order valence-corrected chi connectivity index (χ2v) is 8.42. The van der Waals surface area contributed by atoms with Gasteiger partial charge in [0, 0.05) is 57.8 Å². The Hall–Kier alpha value is -3.72. The summed E-state index contributed by atoms with van der Waals surface area (Å²) in [5.41, 5.74) is 6.86. The van der Waals surface area contributed by atoms with Gasteiger partial charge in [0.25, 0.3) is 11.8 Å². The number of hydrogen-bond acceptors (Lipinski definition) is 6. The topological polar surface area (TPSA) is 102 Å². The van der Waals surface area contributed by atoms with Crippen molar-refractivity contribution >= 4 is 29.3 Å². The number of carbonyl (C=O) groups is 4. The summed E-state index contributed by atoms with van der Waals surface area (Å²) in [4.78, 5) is 54.6. The first-order chi connectivity index (χ1) is 16.5. The van der Waals surface area contributed by atoms with Gasteiger partial charge in [0.05, 0.1) is 11.1 Å². The lowest BCUT2D eigenvalue weighted by molar-refractivity contribution is -0.129. The van der Waals surface area contributed by atoms with Crippen molar-refractivity contribution in [2.45, 2.75) is 19.3 Å². The van der Waals surface area contributed by atoms with Crippen LogP contribution < -0.4 is 15.8 Å². The fraction of sp³-hybridized carbons (Fsp3) is 0.360. The quantitative estimate of drug-likeness (QED) is 0.454. The molecule has 2 N–H and O–H groups in total. The average Bonchev–Trinajstić information content (AvgIpc) is 3.12. The van der Waals surface area contributed by atoms with Gasteiger partial charge in [-0.15, -0.1) is 0 Å². The van der Waals surface area contributed by atoms with Crippen molar-refractivity contribution in [2.75, 3.05) is 44.2 Å². The number of anilines is 1. The normalized spacial score (nSPS) is 15.9. The molecule has 0 atom stereocenters. The Labute approximate surface area is 198 Å². The SMILES string of the molecule is O=C(CCCN1C(=O)c2ccccc2C1=O)NNC(=O)CCN1CCN(c2ccccc2)CC1. The standard InChI is InChI=1S/C25H29N5O4/c31-22(11-6-13-30-24(33)20-9-4-5-10-21(20)25(30)34)26-27-23(32)12-14-28-15-17-29(18-16-28)19-7-2-1-3-8-19/h1-5,7-10H,6,11-18H2,(H,26,31)(H,27,32). The maximum Gasteiger partial charge on any atom is 0.261 e. The summed E-state index contributed by atoms with van der Waals surface area (Å²) in [5.74, 6) is -1.28. The zero-order chi connectivity index (χ0) is 23.9. The van der Waals surface area contributed by atoms with Gasteiger partial charge in [-0.2, -0.15) is 0 Å². The molecule has 9 heteroatoms. The third-order valence-electron chi connectivity index (χ3n) is 6.15. The van der Waals surface area contributed by atoms with Gasteiger partial charge in [-0.1, -0.05) is 30.3 Å². The van der Waals surface area contributed by atoms with Crippen LogP contribution in [0.15, 0.2) is 54.6 Å². The molecular formula is C25H29N5O4. The lowest BCUT2D eigenvalue weighted by atomic mass is 10.1. The first-order valence-corrected chi connectivity index (χ1v) is 11.6. The lowest BCUT2D eigenvalue weighted by Crippen LogP contribution is -2.48. The number of nitrogens with zero attached hydrogens (tertiary/aromatic N) is 3.